The van der Waals surface area contributed by atoms with E-state index in [1.54, 1.807) is 24.3 Å². The number of carbonyl (C=O) groups excluding carboxylic acids is 4. The Balaban J connectivity index is 1.31. The highest BCUT2D eigenvalue weighted by Gasteiger charge is 2.63. The molecule has 1 saturated heterocycles. The van der Waals surface area contributed by atoms with Crippen LogP contribution in [0.1, 0.15) is 64.7 Å². The van der Waals surface area contributed by atoms with Gasteiger partial charge in [-0.1, -0.05) is 74.0 Å². The van der Waals surface area contributed by atoms with E-state index in [9.17, 15) is 19.2 Å². The lowest BCUT2D eigenvalue weighted by molar-refractivity contribution is -0.158. The summed E-state index contributed by atoms with van der Waals surface area (Å²) in [5.41, 5.74) is 4.65. The molecule has 3 aromatic rings. The number of carbonyl (C=O) groups is 4. The van der Waals surface area contributed by atoms with Gasteiger partial charge < -0.3 is 4.74 Å². The van der Waals surface area contributed by atoms with Crippen LogP contribution in [0.4, 0.5) is 0 Å². The summed E-state index contributed by atoms with van der Waals surface area (Å²) in [5, 5.41) is 0.492. The molecule has 3 aromatic carbocycles. The molecule has 0 N–H and O–H groups in total. The van der Waals surface area contributed by atoms with Crippen LogP contribution in [0.3, 0.4) is 0 Å². The van der Waals surface area contributed by atoms with Gasteiger partial charge in [-0.2, -0.15) is 0 Å². The fraction of sp³-hybridized carbons (Fsp3) is 0.312. The molecule has 7 rings (SSSR count). The van der Waals surface area contributed by atoms with Crippen molar-refractivity contribution >= 4 is 35.2 Å². The number of benzene rings is 3. The Kier molecular flexibility index (Phi) is 6.38. The van der Waals surface area contributed by atoms with Gasteiger partial charge in [0.2, 0.25) is 11.8 Å². The van der Waals surface area contributed by atoms with Crippen molar-refractivity contribution < 1.29 is 23.9 Å². The third-order valence-electron chi connectivity index (χ3n) is 8.27. The molecule has 198 valence electrons. The van der Waals surface area contributed by atoms with Crippen molar-refractivity contribution in [2.45, 2.75) is 38.1 Å². The highest BCUT2D eigenvalue weighted by Crippen LogP contribution is 2.61. The fourth-order valence-corrected chi connectivity index (χ4v) is 6.84. The molecule has 2 bridgehead atoms. The maximum Gasteiger partial charge on any atom is 0.329 e. The summed E-state index contributed by atoms with van der Waals surface area (Å²) in [5.74, 6) is -3.47. The number of ketones is 1. The van der Waals surface area contributed by atoms with Crippen molar-refractivity contribution in [3.8, 4) is 0 Å². The summed E-state index contributed by atoms with van der Waals surface area (Å²) in [6.07, 6.45) is 0.250. The molecule has 0 unspecified atom stereocenters. The normalized spacial score (nSPS) is 23.3. The average Bonchev–Trinajstić information content (AvgIpc) is 3.20. The van der Waals surface area contributed by atoms with Gasteiger partial charge in [0.25, 0.3) is 0 Å². The molecule has 0 radical (unpaired) electrons. The monoisotopic (exact) mass is 541 g/mol. The van der Waals surface area contributed by atoms with Gasteiger partial charge in [0.1, 0.15) is 6.04 Å². The first-order valence-corrected chi connectivity index (χ1v) is 13.7. The van der Waals surface area contributed by atoms with Crippen LogP contribution >= 0.6 is 11.6 Å². The van der Waals surface area contributed by atoms with E-state index in [1.807, 2.05) is 62.4 Å². The lowest BCUT2D eigenvalue weighted by atomic mass is 9.55. The number of halogens is 1. The Labute approximate surface area is 231 Å². The van der Waals surface area contributed by atoms with Gasteiger partial charge >= 0.3 is 5.97 Å². The molecule has 0 aromatic heterocycles. The molecular weight excluding hydrogens is 514 g/mol. The molecule has 0 spiro atoms. The van der Waals surface area contributed by atoms with Gasteiger partial charge in [-0.25, -0.2) is 4.79 Å². The van der Waals surface area contributed by atoms with Crippen LogP contribution in [0, 0.1) is 17.8 Å². The molecule has 3 atom stereocenters. The number of esters is 1. The van der Waals surface area contributed by atoms with Crippen LogP contribution in [-0.2, 0) is 19.1 Å². The van der Waals surface area contributed by atoms with Crippen molar-refractivity contribution in [1.29, 1.82) is 0 Å². The smallest absolute Gasteiger partial charge is 0.329 e. The number of Topliss-reactive ketones (excluding diaryl/α,β-unsaturated/α-hetero) is 1. The third-order valence-corrected chi connectivity index (χ3v) is 8.52. The fourth-order valence-electron chi connectivity index (χ4n) is 6.71. The van der Waals surface area contributed by atoms with Gasteiger partial charge in [0, 0.05) is 22.4 Å². The molecule has 1 fully saturated rings. The second-order valence-electron chi connectivity index (χ2n) is 11.0. The summed E-state index contributed by atoms with van der Waals surface area (Å²) >= 11 is 5.90. The first kappa shape index (κ1) is 25.5. The summed E-state index contributed by atoms with van der Waals surface area (Å²) in [6, 6.07) is 21.2. The van der Waals surface area contributed by atoms with E-state index >= 15 is 0 Å². The Morgan fingerprint density at radius 3 is 1.69 bits per heavy atom. The van der Waals surface area contributed by atoms with Gasteiger partial charge in [-0.3, -0.25) is 19.3 Å². The van der Waals surface area contributed by atoms with Crippen LogP contribution < -0.4 is 0 Å². The van der Waals surface area contributed by atoms with Crippen molar-refractivity contribution in [2.24, 2.45) is 17.8 Å². The topological polar surface area (TPSA) is 80.8 Å². The van der Waals surface area contributed by atoms with Crippen molar-refractivity contribution in [1.82, 2.24) is 4.90 Å². The lowest BCUT2D eigenvalue weighted by Gasteiger charge is -2.45. The number of likely N-dealkylation sites (tertiary alicyclic amines) is 1. The minimum absolute atomic E-state index is 0.00358. The minimum Gasteiger partial charge on any atom is -0.456 e. The molecule has 1 aliphatic heterocycles. The zero-order valence-electron chi connectivity index (χ0n) is 21.7. The molecular formula is C32H28ClNO5. The predicted molar refractivity (Wildman–Crippen MR) is 145 cm³/mol. The predicted octanol–water partition coefficient (Wildman–Crippen LogP) is 5.37. The van der Waals surface area contributed by atoms with Gasteiger partial charge in [-0.05, 0) is 58.9 Å². The van der Waals surface area contributed by atoms with Gasteiger partial charge in [0.05, 0.1) is 11.8 Å². The Bertz CT molecular complexity index is 1380. The molecule has 1 heterocycles. The van der Waals surface area contributed by atoms with Crippen molar-refractivity contribution in [3.63, 3.8) is 0 Å². The summed E-state index contributed by atoms with van der Waals surface area (Å²) in [6.45, 7) is 3.36. The lowest BCUT2D eigenvalue weighted by Crippen LogP contribution is -2.47. The van der Waals surface area contributed by atoms with E-state index < -0.39 is 30.5 Å². The molecule has 3 aliphatic carbocycles. The molecule has 4 aliphatic rings. The van der Waals surface area contributed by atoms with Gasteiger partial charge in [0.15, 0.2) is 12.4 Å². The molecule has 7 heteroatoms. The van der Waals surface area contributed by atoms with E-state index in [-0.39, 0.29) is 41.8 Å². The molecule has 6 nitrogen and oxygen atoms in total. The first-order valence-electron chi connectivity index (χ1n) is 13.3. The second kappa shape index (κ2) is 9.76. The van der Waals surface area contributed by atoms with E-state index in [1.165, 1.54) is 0 Å². The van der Waals surface area contributed by atoms with E-state index in [0.717, 1.165) is 27.2 Å². The second-order valence-corrected chi connectivity index (χ2v) is 11.4. The van der Waals surface area contributed by atoms with Crippen LogP contribution in [0.2, 0.25) is 5.02 Å². The standard InChI is InChI=1S/C32H28ClNO5/c1-17(2)15-24(32(38)39-16-25(35)18-11-13-19(33)14-12-18)34-30(36)28-26-20-7-3-4-8-21(20)27(29(28)31(34)37)23-10-6-5-9-22(23)26/h3-14,17,24,26-29H,15-16H2,1-2H3/t24-,26?,27?,28-,29-/m0/s1. The maximum atomic E-state index is 14.1. The highest BCUT2D eigenvalue weighted by molar-refractivity contribution is 6.30. The van der Waals surface area contributed by atoms with E-state index in [4.69, 9.17) is 16.3 Å². The number of hydrogen-bond donors (Lipinski definition) is 0. The largest absolute Gasteiger partial charge is 0.456 e. The van der Waals surface area contributed by atoms with Gasteiger partial charge in [-0.15, -0.1) is 0 Å². The maximum absolute atomic E-state index is 14.1. The highest BCUT2D eigenvalue weighted by atomic mass is 35.5. The molecule has 2 amide bonds. The summed E-state index contributed by atoms with van der Waals surface area (Å²) in [7, 11) is 0. The van der Waals surface area contributed by atoms with E-state index in [2.05, 4.69) is 0 Å². The molecule has 0 saturated carbocycles. The number of rotatable bonds is 7. The number of ether oxygens (including phenoxy) is 1. The van der Waals surface area contributed by atoms with Crippen LogP contribution in [0.15, 0.2) is 72.8 Å². The van der Waals surface area contributed by atoms with Crippen LogP contribution in [0.5, 0.6) is 0 Å². The Hall–Kier alpha value is -3.77. The summed E-state index contributed by atoms with van der Waals surface area (Å²) < 4.78 is 5.44. The Morgan fingerprint density at radius 2 is 1.26 bits per heavy atom. The van der Waals surface area contributed by atoms with Crippen molar-refractivity contribution in [3.05, 3.63) is 106 Å². The first-order chi connectivity index (χ1) is 18.8. The zero-order chi connectivity index (χ0) is 27.4. The number of nitrogens with zero attached hydrogens (tertiary/aromatic N) is 1. The van der Waals surface area contributed by atoms with Crippen molar-refractivity contribution in [2.75, 3.05) is 6.61 Å². The van der Waals surface area contributed by atoms with Crippen LogP contribution in [-0.4, -0.2) is 41.1 Å². The molecule has 39 heavy (non-hydrogen) atoms. The average molecular weight is 542 g/mol. The summed E-state index contributed by atoms with van der Waals surface area (Å²) in [4.78, 5) is 55.4. The number of hydrogen-bond acceptors (Lipinski definition) is 5. The van der Waals surface area contributed by atoms with E-state index in [0.29, 0.717) is 10.6 Å². The SMILES string of the molecule is CC(C)C[C@@H](C(=O)OCC(=O)c1ccc(Cl)cc1)N1C(=O)[C@H]2C3c4ccccc4C(c4ccccc43)[C@@H]2C1=O. The number of amides is 2. The Morgan fingerprint density at radius 1 is 0.795 bits per heavy atom. The van der Waals surface area contributed by atoms with Crippen LogP contribution in [0.25, 0.3) is 0 Å². The quantitative estimate of drug-likeness (QED) is 0.228. The minimum atomic E-state index is -1.10. The number of imide groups is 1. The third kappa shape index (κ3) is 4.09. The zero-order valence-corrected chi connectivity index (χ0v) is 22.4.